The van der Waals surface area contributed by atoms with Crippen molar-refractivity contribution >= 4 is 17.4 Å². The maximum Gasteiger partial charge on any atom is 0.269 e. The van der Waals surface area contributed by atoms with Gasteiger partial charge in [0.05, 0.1) is 4.92 Å². The third-order valence-electron chi connectivity index (χ3n) is 4.46. The number of nitrogens with zero attached hydrogens (tertiary/aromatic N) is 4. The lowest BCUT2D eigenvalue weighted by molar-refractivity contribution is -0.384. The highest BCUT2D eigenvalue weighted by atomic mass is 16.6. The van der Waals surface area contributed by atoms with Crippen LogP contribution in [0.1, 0.15) is 31.4 Å². The summed E-state index contributed by atoms with van der Waals surface area (Å²) in [5.41, 5.74) is 2.13. The number of aromatic nitrogens is 3. The van der Waals surface area contributed by atoms with E-state index in [0.29, 0.717) is 23.5 Å². The third kappa shape index (κ3) is 2.18. The van der Waals surface area contributed by atoms with Crippen LogP contribution in [-0.2, 0) is 4.79 Å². The molecule has 4 rings (SSSR count). The number of allylic oxidation sites excluding steroid dienone is 2. The summed E-state index contributed by atoms with van der Waals surface area (Å²) in [5, 5.41) is 18.5. The number of hydrogen-bond acceptors (Lipinski definition) is 6. The molecule has 8 heteroatoms. The zero-order chi connectivity index (χ0) is 16.8. The van der Waals surface area contributed by atoms with Gasteiger partial charge in [-0.15, -0.1) is 0 Å². The second kappa shape index (κ2) is 5.26. The molecule has 0 radical (unpaired) electrons. The summed E-state index contributed by atoms with van der Waals surface area (Å²) >= 11 is 0. The van der Waals surface area contributed by atoms with E-state index < -0.39 is 11.0 Å². The average molecular weight is 325 g/mol. The van der Waals surface area contributed by atoms with Crippen LogP contribution in [0.15, 0.2) is 41.9 Å². The van der Waals surface area contributed by atoms with Crippen molar-refractivity contribution in [3.8, 4) is 0 Å². The number of Topliss-reactive ketones (excluding diaryl/α,β-unsaturated/α-hetero) is 1. The van der Waals surface area contributed by atoms with Crippen LogP contribution < -0.4 is 5.32 Å². The number of hydrogen-bond donors (Lipinski definition) is 1. The van der Waals surface area contributed by atoms with E-state index in [0.717, 1.165) is 12.1 Å². The molecular weight excluding hydrogens is 310 g/mol. The number of fused-ring (bicyclic) bond motifs is 1. The van der Waals surface area contributed by atoms with Crippen LogP contribution >= 0.6 is 0 Å². The van der Waals surface area contributed by atoms with Crippen molar-refractivity contribution in [3.63, 3.8) is 0 Å². The molecule has 0 bridgehead atoms. The number of carbonyl (C=O) groups excluding carboxylic acids is 1. The highest BCUT2D eigenvalue weighted by Gasteiger charge is 2.38. The smallest absolute Gasteiger partial charge is 0.269 e. The SMILES string of the molecule is C[C@H]1CC(=O)C2=C(C1)Nc1ncnn1[C@@H]2c1cccc([N+](=O)[O-])c1. The molecule has 0 unspecified atom stereocenters. The van der Waals surface area contributed by atoms with E-state index in [2.05, 4.69) is 15.4 Å². The number of nitro groups is 1. The summed E-state index contributed by atoms with van der Waals surface area (Å²) in [6, 6.07) is 5.86. The normalized spacial score (nSPS) is 22.6. The number of anilines is 1. The first-order chi connectivity index (χ1) is 11.5. The first-order valence-corrected chi connectivity index (χ1v) is 7.71. The van der Waals surface area contributed by atoms with Crippen molar-refractivity contribution in [1.82, 2.24) is 14.8 Å². The molecule has 0 spiro atoms. The van der Waals surface area contributed by atoms with Gasteiger partial charge < -0.3 is 5.32 Å². The maximum atomic E-state index is 12.7. The molecule has 2 aliphatic rings. The topological polar surface area (TPSA) is 103 Å². The summed E-state index contributed by atoms with van der Waals surface area (Å²) in [6.07, 6.45) is 2.63. The molecule has 0 amide bonds. The van der Waals surface area contributed by atoms with Crippen molar-refractivity contribution in [1.29, 1.82) is 0 Å². The number of nitrogens with one attached hydrogen (secondary N) is 1. The third-order valence-corrected chi connectivity index (χ3v) is 4.46. The van der Waals surface area contributed by atoms with Crippen molar-refractivity contribution < 1.29 is 9.72 Å². The van der Waals surface area contributed by atoms with Crippen molar-refractivity contribution in [2.24, 2.45) is 5.92 Å². The van der Waals surface area contributed by atoms with Gasteiger partial charge in [-0.25, -0.2) is 4.68 Å². The van der Waals surface area contributed by atoms with Gasteiger partial charge in [0.25, 0.3) is 5.69 Å². The van der Waals surface area contributed by atoms with E-state index >= 15 is 0 Å². The first kappa shape index (κ1) is 14.6. The fourth-order valence-corrected chi connectivity index (χ4v) is 3.46. The molecule has 24 heavy (non-hydrogen) atoms. The minimum absolute atomic E-state index is 0.00789. The van der Waals surface area contributed by atoms with Gasteiger partial charge in [-0.1, -0.05) is 19.1 Å². The van der Waals surface area contributed by atoms with Gasteiger partial charge in [0.2, 0.25) is 5.95 Å². The van der Waals surface area contributed by atoms with E-state index in [9.17, 15) is 14.9 Å². The molecule has 1 aromatic heterocycles. The largest absolute Gasteiger partial charge is 0.328 e. The van der Waals surface area contributed by atoms with Crippen LogP contribution in [-0.4, -0.2) is 25.5 Å². The number of carbonyl (C=O) groups is 1. The minimum atomic E-state index is -0.487. The second-order valence-corrected chi connectivity index (χ2v) is 6.24. The lowest BCUT2D eigenvalue weighted by atomic mass is 9.81. The molecule has 0 saturated heterocycles. The average Bonchev–Trinajstić information content (AvgIpc) is 3.00. The molecule has 1 aliphatic carbocycles. The lowest BCUT2D eigenvalue weighted by Crippen LogP contribution is -2.33. The molecule has 122 valence electrons. The molecule has 2 atom stereocenters. The quantitative estimate of drug-likeness (QED) is 0.672. The number of nitro benzene ring substituents is 1. The van der Waals surface area contributed by atoms with E-state index in [1.54, 1.807) is 16.8 Å². The predicted octanol–water partition coefficient (Wildman–Crippen LogP) is 2.45. The van der Waals surface area contributed by atoms with E-state index in [1.165, 1.54) is 18.5 Å². The molecule has 2 heterocycles. The fourth-order valence-electron chi connectivity index (χ4n) is 3.46. The number of non-ortho nitro benzene ring substituents is 1. The Morgan fingerprint density at radius 3 is 3.00 bits per heavy atom. The number of ketones is 1. The summed E-state index contributed by atoms with van der Waals surface area (Å²) in [5.74, 6) is 0.852. The zero-order valence-corrected chi connectivity index (χ0v) is 13.0. The minimum Gasteiger partial charge on any atom is -0.328 e. The Kier molecular flexibility index (Phi) is 3.19. The van der Waals surface area contributed by atoms with Gasteiger partial charge >= 0.3 is 0 Å². The van der Waals surface area contributed by atoms with Gasteiger partial charge in [-0.2, -0.15) is 10.1 Å². The van der Waals surface area contributed by atoms with Crippen LogP contribution in [0.5, 0.6) is 0 Å². The van der Waals surface area contributed by atoms with Crippen LogP contribution in [0.4, 0.5) is 11.6 Å². The molecule has 8 nitrogen and oxygen atoms in total. The van der Waals surface area contributed by atoms with Crippen LogP contribution in [0, 0.1) is 16.0 Å². The fraction of sp³-hybridized carbons (Fsp3) is 0.312. The standard InChI is InChI=1S/C16H15N5O3/c1-9-5-12-14(13(22)6-9)15(20-16(19-12)17-8-18-20)10-3-2-4-11(7-10)21(23)24/h2-4,7-9,15H,5-6H2,1H3,(H,17,18,19)/t9-,15-/m1/s1. The summed E-state index contributed by atoms with van der Waals surface area (Å²) < 4.78 is 1.62. The van der Waals surface area contributed by atoms with Gasteiger partial charge in [0.1, 0.15) is 12.4 Å². The summed E-state index contributed by atoms with van der Waals surface area (Å²) in [7, 11) is 0. The van der Waals surface area contributed by atoms with Gasteiger partial charge in [0.15, 0.2) is 5.78 Å². The summed E-state index contributed by atoms with van der Waals surface area (Å²) in [6.45, 7) is 2.03. The Bertz CT molecular complexity index is 885. The van der Waals surface area contributed by atoms with Crippen molar-refractivity contribution in [2.75, 3.05) is 5.32 Å². The lowest BCUT2D eigenvalue weighted by Gasteiger charge is -2.34. The second-order valence-electron chi connectivity index (χ2n) is 6.24. The molecule has 1 aliphatic heterocycles. The molecule has 1 aromatic carbocycles. The maximum absolute atomic E-state index is 12.7. The first-order valence-electron chi connectivity index (χ1n) is 7.71. The molecular formula is C16H15N5O3. The Balaban J connectivity index is 1.90. The number of benzene rings is 1. The highest BCUT2D eigenvalue weighted by Crippen LogP contribution is 2.41. The summed E-state index contributed by atoms with van der Waals surface area (Å²) in [4.78, 5) is 27.5. The highest BCUT2D eigenvalue weighted by molar-refractivity contribution is 5.99. The number of rotatable bonds is 2. The van der Waals surface area contributed by atoms with Gasteiger partial charge in [-0.05, 0) is 17.9 Å². The van der Waals surface area contributed by atoms with E-state index in [-0.39, 0.29) is 17.4 Å². The Hall–Kier alpha value is -3.03. The molecule has 1 N–H and O–H groups in total. The van der Waals surface area contributed by atoms with Crippen molar-refractivity contribution in [3.05, 3.63) is 57.5 Å². The van der Waals surface area contributed by atoms with Crippen LogP contribution in [0.3, 0.4) is 0 Å². The van der Waals surface area contributed by atoms with Crippen LogP contribution in [0.25, 0.3) is 0 Å². The Morgan fingerprint density at radius 1 is 1.38 bits per heavy atom. The Morgan fingerprint density at radius 2 is 2.21 bits per heavy atom. The van der Waals surface area contributed by atoms with E-state index in [1.807, 2.05) is 6.92 Å². The molecule has 0 saturated carbocycles. The van der Waals surface area contributed by atoms with E-state index in [4.69, 9.17) is 0 Å². The predicted molar refractivity (Wildman–Crippen MR) is 85.3 cm³/mol. The zero-order valence-electron chi connectivity index (χ0n) is 13.0. The van der Waals surface area contributed by atoms with Crippen molar-refractivity contribution in [2.45, 2.75) is 25.8 Å². The molecule has 0 fully saturated rings. The Labute approximate surface area is 137 Å². The van der Waals surface area contributed by atoms with Gasteiger partial charge in [-0.3, -0.25) is 14.9 Å². The van der Waals surface area contributed by atoms with Gasteiger partial charge in [0, 0.05) is 29.8 Å². The monoisotopic (exact) mass is 325 g/mol. The van der Waals surface area contributed by atoms with Crippen LogP contribution in [0.2, 0.25) is 0 Å². The molecule has 2 aromatic rings.